The smallest absolute Gasteiger partial charge is 0.387 e. The van der Waals surface area contributed by atoms with E-state index in [4.69, 9.17) is 14.2 Å². The van der Waals surface area contributed by atoms with Gasteiger partial charge in [0, 0.05) is 11.1 Å². The second-order valence-corrected chi connectivity index (χ2v) is 5.05. The predicted molar refractivity (Wildman–Crippen MR) is 92.5 cm³/mol. The van der Waals surface area contributed by atoms with Crippen molar-refractivity contribution in [1.82, 2.24) is 0 Å². The molecule has 0 bridgehead atoms. The summed E-state index contributed by atoms with van der Waals surface area (Å²) in [5, 5.41) is 0. The van der Waals surface area contributed by atoms with Gasteiger partial charge in [0.25, 0.3) is 0 Å². The van der Waals surface area contributed by atoms with Crippen molar-refractivity contribution in [2.24, 2.45) is 0 Å². The van der Waals surface area contributed by atoms with Crippen LogP contribution in [0.2, 0.25) is 0 Å². The highest BCUT2D eigenvalue weighted by Crippen LogP contribution is 2.30. The Balaban J connectivity index is 2.26. The maximum atomic E-state index is 12.4. The lowest BCUT2D eigenvalue weighted by Crippen LogP contribution is -2.04. The number of hydrogen-bond donors (Lipinski definition) is 0. The SMILES string of the molecule is COc1ccc(OC)c(/C=C/C(=O)c2ccc(OC(F)F)c(OC)c2)c1. The number of methoxy groups -OCH3 is 3. The Labute approximate surface area is 149 Å². The molecule has 7 heteroatoms. The monoisotopic (exact) mass is 364 g/mol. The minimum atomic E-state index is -2.98. The molecule has 0 atom stereocenters. The number of hydrogen-bond acceptors (Lipinski definition) is 5. The van der Waals surface area contributed by atoms with Crippen LogP contribution in [-0.2, 0) is 0 Å². The average Bonchev–Trinajstić information content (AvgIpc) is 2.65. The molecule has 0 radical (unpaired) electrons. The number of benzene rings is 2. The van der Waals surface area contributed by atoms with Gasteiger partial charge in [0.15, 0.2) is 17.3 Å². The molecule has 0 saturated heterocycles. The Kier molecular flexibility index (Phi) is 6.54. The molecule has 0 aromatic heterocycles. The summed E-state index contributed by atoms with van der Waals surface area (Å²) in [5.41, 5.74) is 0.923. The van der Waals surface area contributed by atoms with Crippen LogP contribution in [0.1, 0.15) is 15.9 Å². The fourth-order valence-electron chi connectivity index (χ4n) is 2.25. The molecule has 0 unspecified atom stereocenters. The number of carbonyl (C=O) groups excluding carboxylic acids is 1. The van der Waals surface area contributed by atoms with Crippen molar-refractivity contribution in [1.29, 1.82) is 0 Å². The van der Waals surface area contributed by atoms with Gasteiger partial charge in [-0.1, -0.05) is 0 Å². The van der Waals surface area contributed by atoms with Gasteiger partial charge in [0.1, 0.15) is 11.5 Å². The van der Waals surface area contributed by atoms with E-state index in [1.54, 1.807) is 24.3 Å². The minimum absolute atomic E-state index is 0.0449. The van der Waals surface area contributed by atoms with Crippen LogP contribution in [0.5, 0.6) is 23.0 Å². The second-order valence-electron chi connectivity index (χ2n) is 5.05. The molecule has 2 aromatic carbocycles. The summed E-state index contributed by atoms with van der Waals surface area (Å²) < 4.78 is 44.5. The summed E-state index contributed by atoms with van der Waals surface area (Å²) in [4.78, 5) is 12.4. The summed E-state index contributed by atoms with van der Waals surface area (Å²) >= 11 is 0. The summed E-state index contributed by atoms with van der Waals surface area (Å²) in [5.74, 6) is 0.763. The van der Waals surface area contributed by atoms with Gasteiger partial charge in [-0.25, -0.2) is 0 Å². The highest BCUT2D eigenvalue weighted by atomic mass is 19.3. The predicted octanol–water partition coefficient (Wildman–Crippen LogP) is 4.21. The van der Waals surface area contributed by atoms with Crippen molar-refractivity contribution in [3.05, 3.63) is 53.6 Å². The van der Waals surface area contributed by atoms with Crippen molar-refractivity contribution >= 4 is 11.9 Å². The largest absolute Gasteiger partial charge is 0.497 e. The molecule has 0 aliphatic carbocycles. The lowest BCUT2D eigenvalue weighted by Gasteiger charge is -2.10. The van der Waals surface area contributed by atoms with Crippen LogP contribution in [0.15, 0.2) is 42.5 Å². The van der Waals surface area contributed by atoms with Crippen molar-refractivity contribution in [2.45, 2.75) is 6.61 Å². The quantitative estimate of drug-likeness (QED) is 0.519. The molecule has 5 nitrogen and oxygen atoms in total. The van der Waals surface area contributed by atoms with E-state index in [9.17, 15) is 13.6 Å². The molecule has 0 aliphatic rings. The fourth-order valence-corrected chi connectivity index (χ4v) is 2.25. The van der Waals surface area contributed by atoms with E-state index < -0.39 is 6.61 Å². The Hall–Kier alpha value is -3.09. The van der Waals surface area contributed by atoms with Crippen LogP contribution in [0.4, 0.5) is 8.78 Å². The van der Waals surface area contributed by atoms with E-state index in [1.165, 1.54) is 45.6 Å². The van der Waals surface area contributed by atoms with Crippen LogP contribution in [0.3, 0.4) is 0 Å². The first-order valence-corrected chi connectivity index (χ1v) is 7.55. The van der Waals surface area contributed by atoms with E-state index in [0.29, 0.717) is 17.1 Å². The Morgan fingerprint density at radius 1 is 0.923 bits per heavy atom. The molecular formula is C19H18F2O5. The van der Waals surface area contributed by atoms with Gasteiger partial charge in [-0.2, -0.15) is 8.78 Å². The third-order valence-electron chi connectivity index (χ3n) is 3.52. The number of halogens is 2. The first-order valence-electron chi connectivity index (χ1n) is 7.55. The number of allylic oxidation sites excluding steroid dienone is 1. The summed E-state index contributed by atoms with van der Waals surface area (Å²) in [7, 11) is 4.36. The van der Waals surface area contributed by atoms with E-state index in [2.05, 4.69) is 4.74 Å². The van der Waals surface area contributed by atoms with E-state index >= 15 is 0 Å². The molecule has 0 saturated carbocycles. The maximum absolute atomic E-state index is 12.4. The van der Waals surface area contributed by atoms with Gasteiger partial charge in [-0.15, -0.1) is 0 Å². The van der Waals surface area contributed by atoms with Crippen LogP contribution in [0, 0.1) is 0 Å². The van der Waals surface area contributed by atoms with Crippen LogP contribution in [0.25, 0.3) is 6.08 Å². The van der Waals surface area contributed by atoms with Crippen molar-refractivity contribution in [3.63, 3.8) is 0 Å². The van der Waals surface area contributed by atoms with Gasteiger partial charge < -0.3 is 18.9 Å². The maximum Gasteiger partial charge on any atom is 0.387 e. The van der Waals surface area contributed by atoms with Gasteiger partial charge in [0.05, 0.1) is 21.3 Å². The molecule has 0 amide bonds. The molecule has 0 heterocycles. The Morgan fingerprint density at radius 2 is 1.62 bits per heavy atom. The molecule has 138 valence electrons. The second kappa shape index (κ2) is 8.84. The standard InChI is InChI=1S/C19H18F2O5/c1-23-14-6-9-16(24-2)13(10-14)4-7-15(22)12-5-8-17(26-19(20)21)18(11-12)25-3/h4-11,19H,1-3H3/b7-4+. The first kappa shape index (κ1) is 19.2. The van der Waals surface area contributed by atoms with Crippen LogP contribution in [-0.4, -0.2) is 33.7 Å². The minimum Gasteiger partial charge on any atom is -0.497 e. The first-order chi connectivity index (χ1) is 12.5. The van der Waals surface area contributed by atoms with Crippen molar-refractivity contribution in [3.8, 4) is 23.0 Å². The topological polar surface area (TPSA) is 54.0 Å². The number of alkyl halides is 2. The summed E-state index contributed by atoms with van der Waals surface area (Å²) in [6.45, 7) is -2.98. The fraction of sp³-hybridized carbons (Fsp3) is 0.211. The van der Waals surface area contributed by atoms with Crippen LogP contribution >= 0.6 is 0 Å². The zero-order valence-electron chi connectivity index (χ0n) is 14.5. The van der Waals surface area contributed by atoms with Gasteiger partial charge >= 0.3 is 6.61 Å². The summed E-state index contributed by atoms with van der Waals surface area (Å²) in [6.07, 6.45) is 2.93. The third-order valence-corrected chi connectivity index (χ3v) is 3.52. The zero-order valence-corrected chi connectivity index (χ0v) is 14.5. The Morgan fingerprint density at radius 3 is 2.23 bits per heavy atom. The molecule has 0 aliphatic heterocycles. The molecule has 0 spiro atoms. The lowest BCUT2D eigenvalue weighted by molar-refractivity contribution is -0.0512. The number of rotatable bonds is 8. The summed E-state index contributed by atoms with van der Waals surface area (Å²) in [6, 6.07) is 9.18. The number of ether oxygens (including phenoxy) is 4. The highest BCUT2D eigenvalue weighted by molar-refractivity contribution is 6.07. The van der Waals surface area contributed by atoms with E-state index in [1.807, 2.05) is 0 Å². The third kappa shape index (κ3) is 4.72. The number of carbonyl (C=O) groups is 1. The molecule has 2 rings (SSSR count). The van der Waals surface area contributed by atoms with Gasteiger partial charge in [0.2, 0.25) is 0 Å². The Bertz CT molecular complexity index is 803. The van der Waals surface area contributed by atoms with Gasteiger partial charge in [-0.3, -0.25) is 4.79 Å². The number of ketones is 1. The van der Waals surface area contributed by atoms with Crippen molar-refractivity contribution < 1.29 is 32.5 Å². The molecule has 26 heavy (non-hydrogen) atoms. The molecule has 0 fully saturated rings. The van der Waals surface area contributed by atoms with Crippen LogP contribution < -0.4 is 18.9 Å². The zero-order chi connectivity index (χ0) is 19.1. The molecular weight excluding hydrogens is 346 g/mol. The van der Waals surface area contributed by atoms with Gasteiger partial charge in [-0.05, 0) is 48.6 Å². The molecule has 2 aromatic rings. The van der Waals surface area contributed by atoms with E-state index in [-0.39, 0.29) is 22.8 Å². The average molecular weight is 364 g/mol. The lowest BCUT2D eigenvalue weighted by atomic mass is 10.1. The van der Waals surface area contributed by atoms with Crippen molar-refractivity contribution in [2.75, 3.05) is 21.3 Å². The normalized spacial score (nSPS) is 10.8. The molecule has 0 N–H and O–H groups in total. The van der Waals surface area contributed by atoms with E-state index in [0.717, 1.165) is 0 Å². The highest BCUT2D eigenvalue weighted by Gasteiger charge is 2.13.